The smallest absolute Gasteiger partial charge is 0.188 e. The van der Waals surface area contributed by atoms with Crippen LogP contribution in [-0.4, -0.2) is 43.1 Å². The van der Waals surface area contributed by atoms with Gasteiger partial charge in [-0.2, -0.15) is 0 Å². The fourth-order valence-corrected chi connectivity index (χ4v) is 1.98. The maximum Gasteiger partial charge on any atom is 0.188 e. The van der Waals surface area contributed by atoms with E-state index < -0.39 is 0 Å². The highest BCUT2D eigenvalue weighted by Crippen LogP contribution is 2.15. The summed E-state index contributed by atoms with van der Waals surface area (Å²) in [4.78, 5) is 6.89. The molecule has 0 aliphatic carbocycles. The zero-order valence-corrected chi connectivity index (χ0v) is 10.9. The molecule has 1 fully saturated rings. The van der Waals surface area contributed by atoms with Crippen molar-refractivity contribution in [2.24, 2.45) is 16.6 Å². The lowest BCUT2D eigenvalue weighted by atomic mass is 10.1. The Morgan fingerprint density at radius 1 is 1.56 bits per heavy atom. The van der Waals surface area contributed by atoms with Gasteiger partial charge in [-0.1, -0.05) is 13.8 Å². The molecule has 0 aromatic carbocycles. The van der Waals surface area contributed by atoms with Gasteiger partial charge in [0.1, 0.15) is 0 Å². The predicted molar refractivity (Wildman–Crippen MR) is 69.6 cm³/mol. The molecule has 3 N–H and O–H groups in total. The molecule has 0 aromatic heterocycles. The van der Waals surface area contributed by atoms with E-state index in [2.05, 4.69) is 36.0 Å². The van der Waals surface area contributed by atoms with Crippen LogP contribution in [-0.2, 0) is 0 Å². The molecule has 0 aromatic rings. The molecule has 16 heavy (non-hydrogen) atoms. The van der Waals surface area contributed by atoms with Crippen molar-refractivity contribution in [1.29, 1.82) is 0 Å². The third-order valence-electron chi connectivity index (χ3n) is 3.34. The van der Waals surface area contributed by atoms with Crippen molar-refractivity contribution in [3.8, 4) is 0 Å². The zero-order chi connectivity index (χ0) is 12.0. The first kappa shape index (κ1) is 13.3. The van der Waals surface area contributed by atoms with Crippen molar-refractivity contribution in [3.05, 3.63) is 0 Å². The topological polar surface area (TPSA) is 53.6 Å². The second kappa shape index (κ2) is 6.74. The molecule has 4 nitrogen and oxygen atoms in total. The summed E-state index contributed by atoms with van der Waals surface area (Å²) in [5.74, 6) is 1.29. The summed E-state index contributed by atoms with van der Waals surface area (Å²) in [5.41, 5.74) is 5.82. The molecular weight excluding hydrogens is 200 g/mol. The van der Waals surface area contributed by atoms with Crippen molar-refractivity contribution in [2.45, 2.75) is 39.7 Å². The summed E-state index contributed by atoms with van der Waals surface area (Å²) >= 11 is 0. The Hall–Kier alpha value is -0.770. The maximum absolute atomic E-state index is 5.82. The molecule has 1 aliphatic heterocycles. The molecule has 0 radical (unpaired) electrons. The summed E-state index contributed by atoms with van der Waals surface area (Å²) in [6.45, 7) is 10.9. The second-order valence-electron chi connectivity index (χ2n) is 4.73. The second-order valence-corrected chi connectivity index (χ2v) is 4.73. The summed E-state index contributed by atoms with van der Waals surface area (Å²) in [6, 6.07) is 0.416. The molecule has 0 saturated carbocycles. The Bertz CT molecular complexity index is 227. The van der Waals surface area contributed by atoms with Gasteiger partial charge in [-0.25, -0.2) is 0 Å². The Kier molecular flexibility index (Phi) is 5.60. The minimum atomic E-state index is 0.416. The molecule has 94 valence electrons. The van der Waals surface area contributed by atoms with Crippen LogP contribution >= 0.6 is 0 Å². The van der Waals surface area contributed by atoms with E-state index in [0.717, 1.165) is 19.5 Å². The van der Waals surface area contributed by atoms with Crippen LogP contribution in [0.4, 0.5) is 0 Å². The zero-order valence-electron chi connectivity index (χ0n) is 10.9. The molecule has 1 saturated heterocycles. The average molecular weight is 226 g/mol. The first-order chi connectivity index (χ1) is 7.65. The fourth-order valence-electron chi connectivity index (χ4n) is 1.98. The van der Waals surface area contributed by atoms with Gasteiger partial charge in [-0.3, -0.25) is 4.99 Å². The molecule has 0 spiro atoms. The van der Waals surface area contributed by atoms with Crippen LogP contribution in [0.25, 0.3) is 0 Å². The number of rotatable bonds is 5. The highest BCUT2D eigenvalue weighted by molar-refractivity contribution is 5.78. The van der Waals surface area contributed by atoms with Crippen molar-refractivity contribution < 1.29 is 0 Å². The summed E-state index contributed by atoms with van der Waals surface area (Å²) in [7, 11) is 0. The number of nitrogens with two attached hydrogens (primary N) is 1. The van der Waals surface area contributed by atoms with E-state index in [9.17, 15) is 0 Å². The SMILES string of the molecule is CC[C@@H](C)NC(N)=NC[C@H]1CCN(CC)C1. The van der Waals surface area contributed by atoms with Gasteiger partial charge in [0.2, 0.25) is 0 Å². The molecule has 0 bridgehead atoms. The number of likely N-dealkylation sites (tertiary alicyclic amines) is 1. The van der Waals surface area contributed by atoms with Gasteiger partial charge in [-0.05, 0) is 38.8 Å². The Balaban J connectivity index is 2.25. The van der Waals surface area contributed by atoms with E-state index in [1.165, 1.54) is 19.5 Å². The molecular formula is C12H26N4. The lowest BCUT2D eigenvalue weighted by molar-refractivity contribution is 0.343. The maximum atomic E-state index is 5.82. The average Bonchev–Trinajstić information content (AvgIpc) is 2.74. The largest absolute Gasteiger partial charge is 0.370 e. The van der Waals surface area contributed by atoms with E-state index >= 15 is 0 Å². The standard InChI is InChI=1S/C12H26N4/c1-4-10(3)15-12(13)14-8-11-6-7-16(5-2)9-11/h10-11H,4-9H2,1-3H3,(H3,13,14,15)/t10-,11-/m1/s1. The number of aliphatic imine (C=N–C) groups is 1. The number of nitrogens with one attached hydrogen (secondary N) is 1. The number of hydrogen-bond donors (Lipinski definition) is 2. The van der Waals surface area contributed by atoms with E-state index in [-0.39, 0.29) is 0 Å². The van der Waals surface area contributed by atoms with Gasteiger partial charge in [-0.15, -0.1) is 0 Å². The lowest BCUT2D eigenvalue weighted by Crippen LogP contribution is -2.38. The first-order valence-electron chi connectivity index (χ1n) is 6.44. The number of guanidine groups is 1. The van der Waals surface area contributed by atoms with E-state index in [1.807, 2.05) is 0 Å². The van der Waals surface area contributed by atoms with Crippen LogP contribution in [0.15, 0.2) is 4.99 Å². The molecule has 2 atom stereocenters. The van der Waals surface area contributed by atoms with Gasteiger partial charge in [0.25, 0.3) is 0 Å². The molecule has 1 heterocycles. The van der Waals surface area contributed by atoms with Gasteiger partial charge >= 0.3 is 0 Å². The van der Waals surface area contributed by atoms with Crippen LogP contribution in [0.1, 0.15) is 33.6 Å². The van der Waals surface area contributed by atoms with Crippen molar-refractivity contribution in [2.75, 3.05) is 26.2 Å². The van der Waals surface area contributed by atoms with Crippen molar-refractivity contribution in [1.82, 2.24) is 10.2 Å². The number of hydrogen-bond acceptors (Lipinski definition) is 2. The van der Waals surface area contributed by atoms with Gasteiger partial charge in [0.05, 0.1) is 0 Å². The summed E-state index contributed by atoms with van der Waals surface area (Å²) < 4.78 is 0. The van der Waals surface area contributed by atoms with E-state index in [0.29, 0.717) is 17.9 Å². The Labute approximate surface area is 99.3 Å². The first-order valence-corrected chi connectivity index (χ1v) is 6.44. The van der Waals surface area contributed by atoms with Gasteiger partial charge in [0, 0.05) is 19.1 Å². The lowest BCUT2D eigenvalue weighted by Gasteiger charge is -2.13. The summed E-state index contributed by atoms with van der Waals surface area (Å²) in [6.07, 6.45) is 2.33. The van der Waals surface area contributed by atoms with Crippen LogP contribution in [0.3, 0.4) is 0 Å². The van der Waals surface area contributed by atoms with Crippen molar-refractivity contribution in [3.63, 3.8) is 0 Å². The van der Waals surface area contributed by atoms with Crippen LogP contribution in [0.5, 0.6) is 0 Å². The monoisotopic (exact) mass is 226 g/mol. The quantitative estimate of drug-likeness (QED) is 0.544. The van der Waals surface area contributed by atoms with Gasteiger partial charge in [0.15, 0.2) is 5.96 Å². The predicted octanol–water partition coefficient (Wildman–Crippen LogP) is 1.03. The Morgan fingerprint density at radius 3 is 2.88 bits per heavy atom. The van der Waals surface area contributed by atoms with Crippen molar-refractivity contribution >= 4 is 5.96 Å². The van der Waals surface area contributed by atoms with Crippen LogP contribution in [0, 0.1) is 5.92 Å². The normalized spacial score (nSPS) is 24.7. The van der Waals surface area contributed by atoms with Crippen LogP contribution < -0.4 is 11.1 Å². The van der Waals surface area contributed by atoms with E-state index in [1.54, 1.807) is 0 Å². The third kappa shape index (κ3) is 4.39. The highest BCUT2D eigenvalue weighted by atomic mass is 15.2. The Morgan fingerprint density at radius 2 is 2.31 bits per heavy atom. The van der Waals surface area contributed by atoms with Crippen LogP contribution in [0.2, 0.25) is 0 Å². The minimum absolute atomic E-state index is 0.416. The molecule has 0 unspecified atom stereocenters. The van der Waals surface area contributed by atoms with Gasteiger partial charge < -0.3 is 16.0 Å². The molecule has 1 aliphatic rings. The highest BCUT2D eigenvalue weighted by Gasteiger charge is 2.20. The minimum Gasteiger partial charge on any atom is -0.370 e. The third-order valence-corrected chi connectivity index (χ3v) is 3.34. The molecule has 1 rings (SSSR count). The molecule has 0 amide bonds. The number of nitrogens with zero attached hydrogens (tertiary/aromatic N) is 2. The summed E-state index contributed by atoms with van der Waals surface area (Å²) in [5, 5.41) is 3.19. The fraction of sp³-hybridized carbons (Fsp3) is 0.917. The molecule has 4 heteroatoms. The van der Waals surface area contributed by atoms with E-state index in [4.69, 9.17) is 5.73 Å².